The lowest BCUT2D eigenvalue weighted by atomic mass is 9.57. The van der Waals surface area contributed by atoms with Crippen molar-refractivity contribution in [1.82, 2.24) is 0 Å². The van der Waals surface area contributed by atoms with E-state index >= 15 is 0 Å². The summed E-state index contributed by atoms with van der Waals surface area (Å²) in [6, 6.07) is 0. The number of rotatable bonds is 1. The molecule has 0 heterocycles. The first-order chi connectivity index (χ1) is 7.04. The molecular formula is C15H24. The van der Waals surface area contributed by atoms with E-state index in [0.29, 0.717) is 5.41 Å². The smallest absolute Gasteiger partial charge is 0.00851 e. The summed E-state index contributed by atoms with van der Waals surface area (Å²) in [4.78, 5) is 0. The average molecular weight is 204 g/mol. The molecule has 1 saturated carbocycles. The number of hydrogen-bond donors (Lipinski definition) is 0. The molecule has 0 amide bonds. The second-order valence-electron chi connectivity index (χ2n) is 5.90. The molecule has 0 N–H and O–H groups in total. The van der Waals surface area contributed by atoms with E-state index in [0.717, 1.165) is 11.8 Å². The van der Waals surface area contributed by atoms with Crippen LogP contribution in [0.25, 0.3) is 0 Å². The Kier molecular flexibility index (Phi) is 2.79. The van der Waals surface area contributed by atoms with Crippen molar-refractivity contribution in [3.05, 3.63) is 23.8 Å². The van der Waals surface area contributed by atoms with Gasteiger partial charge in [0.1, 0.15) is 0 Å². The van der Waals surface area contributed by atoms with Crippen LogP contribution in [0.1, 0.15) is 52.9 Å². The van der Waals surface area contributed by atoms with Crippen LogP contribution < -0.4 is 0 Å². The molecule has 0 saturated heterocycles. The van der Waals surface area contributed by atoms with Crippen molar-refractivity contribution in [3.63, 3.8) is 0 Å². The van der Waals surface area contributed by atoms with Gasteiger partial charge in [0.15, 0.2) is 0 Å². The van der Waals surface area contributed by atoms with Gasteiger partial charge in [0.2, 0.25) is 0 Å². The normalized spacial score (nSPS) is 40.6. The first-order valence-electron chi connectivity index (χ1n) is 6.36. The molecule has 2 rings (SSSR count). The maximum Gasteiger partial charge on any atom is -0.00851 e. The maximum atomic E-state index is 4.15. The van der Waals surface area contributed by atoms with Crippen molar-refractivity contribution in [2.24, 2.45) is 17.3 Å². The average Bonchev–Trinajstić information content (AvgIpc) is 2.19. The number of hydrogen-bond acceptors (Lipinski definition) is 0. The minimum absolute atomic E-state index is 0.486. The molecule has 84 valence electrons. The minimum atomic E-state index is 0.486. The summed E-state index contributed by atoms with van der Waals surface area (Å²) in [6.45, 7) is 11.2. The predicted octanol–water partition coefficient (Wildman–Crippen LogP) is 4.73. The highest BCUT2D eigenvalue weighted by molar-refractivity contribution is 5.19. The lowest BCUT2D eigenvalue weighted by Gasteiger charge is -2.48. The van der Waals surface area contributed by atoms with Gasteiger partial charge >= 0.3 is 0 Å². The molecule has 2 aliphatic carbocycles. The molecule has 1 fully saturated rings. The Morgan fingerprint density at radius 1 is 1.40 bits per heavy atom. The largest absolute Gasteiger partial charge is 0.0999 e. The van der Waals surface area contributed by atoms with Gasteiger partial charge in [0, 0.05) is 0 Å². The van der Waals surface area contributed by atoms with E-state index in [4.69, 9.17) is 0 Å². The highest BCUT2D eigenvalue weighted by Crippen LogP contribution is 2.53. The van der Waals surface area contributed by atoms with Crippen LogP contribution in [0.5, 0.6) is 0 Å². The topological polar surface area (TPSA) is 0 Å². The van der Waals surface area contributed by atoms with Crippen LogP contribution in [0.3, 0.4) is 0 Å². The van der Waals surface area contributed by atoms with Gasteiger partial charge in [-0.3, -0.25) is 0 Å². The van der Waals surface area contributed by atoms with E-state index in [1.807, 2.05) is 0 Å². The minimum Gasteiger partial charge on any atom is -0.0999 e. The molecule has 0 nitrogen and oxygen atoms in total. The monoisotopic (exact) mass is 204 g/mol. The molecule has 0 heteroatoms. The van der Waals surface area contributed by atoms with Crippen molar-refractivity contribution in [2.45, 2.75) is 52.9 Å². The van der Waals surface area contributed by atoms with Gasteiger partial charge < -0.3 is 0 Å². The Labute approximate surface area is 94.5 Å². The Bertz CT molecular complexity index is 297. The van der Waals surface area contributed by atoms with E-state index in [-0.39, 0.29) is 0 Å². The molecule has 15 heavy (non-hydrogen) atoms. The first kappa shape index (κ1) is 11.0. The van der Waals surface area contributed by atoms with Crippen molar-refractivity contribution < 1.29 is 0 Å². The van der Waals surface area contributed by atoms with Gasteiger partial charge in [-0.05, 0) is 63.2 Å². The number of allylic oxidation sites excluding steroid dienone is 3. The lowest BCUT2D eigenvalue weighted by molar-refractivity contribution is 0.110. The summed E-state index contributed by atoms with van der Waals surface area (Å²) in [5.74, 6) is 1.71. The molecule has 0 aromatic carbocycles. The molecule has 3 atom stereocenters. The van der Waals surface area contributed by atoms with Crippen LogP contribution in [0.2, 0.25) is 0 Å². The zero-order chi connectivity index (χ0) is 11.1. The van der Waals surface area contributed by atoms with Crippen molar-refractivity contribution in [2.75, 3.05) is 0 Å². The summed E-state index contributed by atoms with van der Waals surface area (Å²) in [7, 11) is 0. The molecule has 0 spiro atoms. The fourth-order valence-electron chi connectivity index (χ4n) is 3.60. The predicted molar refractivity (Wildman–Crippen MR) is 66.7 cm³/mol. The first-order valence-corrected chi connectivity index (χ1v) is 6.36. The molecular weight excluding hydrogens is 180 g/mol. The van der Waals surface area contributed by atoms with Gasteiger partial charge in [0.05, 0.1) is 0 Å². The van der Waals surface area contributed by atoms with E-state index < -0.39 is 0 Å². The molecule has 0 aromatic heterocycles. The highest BCUT2D eigenvalue weighted by atomic mass is 14.5. The van der Waals surface area contributed by atoms with Gasteiger partial charge in [-0.2, -0.15) is 0 Å². The van der Waals surface area contributed by atoms with Crippen LogP contribution in [0, 0.1) is 17.3 Å². The van der Waals surface area contributed by atoms with Gasteiger partial charge in [0.25, 0.3) is 0 Å². The summed E-state index contributed by atoms with van der Waals surface area (Å²) in [5, 5.41) is 0. The maximum absolute atomic E-state index is 4.15. The second kappa shape index (κ2) is 3.81. The zero-order valence-corrected chi connectivity index (χ0v) is 10.5. The fourth-order valence-corrected chi connectivity index (χ4v) is 3.60. The fraction of sp³-hybridized carbons (Fsp3) is 0.733. The Morgan fingerprint density at radius 2 is 2.13 bits per heavy atom. The summed E-state index contributed by atoms with van der Waals surface area (Å²) in [5.41, 5.74) is 3.53. The molecule has 0 radical (unpaired) electrons. The third-order valence-electron chi connectivity index (χ3n) is 5.00. The van der Waals surface area contributed by atoms with Gasteiger partial charge in [-0.25, -0.2) is 0 Å². The molecule has 0 bridgehead atoms. The summed E-state index contributed by atoms with van der Waals surface area (Å²) >= 11 is 0. The van der Waals surface area contributed by atoms with Crippen LogP contribution >= 0.6 is 0 Å². The van der Waals surface area contributed by atoms with E-state index in [1.165, 1.54) is 37.7 Å². The standard InChI is InChI=1S/C15H24/c1-11(2)13-8-9-14-7-5-6-12(3)15(14,4)10-13/h6,13-14H,1,5,7-10H2,2-4H3/t13-,14?,15-/m1/s1. The van der Waals surface area contributed by atoms with E-state index in [2.05, 4.69) is 33.4 Å². The van der Waals surface area contributed by atoms with Crippen molar-refractivity contribution >= 4 is 0 Å². The Hall–Kier alpha value is -0.520. The van der Waals surface area contributed by atoms with Gasteiger partial charge in [-0.1, -0.05) is 30.7 Å². The van der Waals surface area contributed by atoms with Crippen molar-refractivity contribution in [1.29, 1.82) is 0 Å². The van der Waals surface area contributed by atoms with Crippen LogP contribution in [-0.2, 0) is 0 Å². The van der Waals surface area contributed by atoms with E-state index in [1.54, 1.807) is 5.57 Å². The Morgan fingerprint density at radius 3 is 2.80 bits per heavy atom. The third kappa shape index (κ3) is 1.79. The quantitative estimate of drug-likeness (QED) is 0.542. The van der Waals surface area contributed by atoms with Gasteiger partial charge in [-0.15, -0.1) is 0 Å². The molecule has 0 aromatic rings. The van der Waals surface area contributed by atoms with Crippen LogP contribution in [0.15, 0.2) is 23.8 Å². The summed E-state index contributed by atoms with van der Waals surface area (Å²) < 4.78 is 0. The molecule has 2 aliphatic rings. The zero-order valence-electron chi connectivity index (χ0n) is 10.5. The third-order valence-corrected chi connectivity index (χ3v) is 5.00. The SMILES string of the molecule is C=C(C)[C@@H]1CCC2CCC=C(C)[C@@]2(C)C1. The number of fused-ring (bicyclic) bond motifs is 1. The molecule has 1 unspecified atom stereocenters. The highest BCUT2D eigenvalue weighted by Gasteiger charge is 2.42. The lowest BCUT2D eigenvalue weighted by Crippen LogP contribution is -2.37. The molecule has 0 aliphatic heterocycles. The second-order valence-corrected chi connectivity index (χ2v) is 5.90. The van der Waals surface area contributed by atoms with E-state index in [9.17, 15) is 0 Å². The van der Waals surface area contributed by atoms with Crippen LogP contribution in [-0.4, -0.2) is 0 Å². The summed E-state index contributed by atoms with van der Waals surface area (Å²) in [6.07, 6.45) is 9.33. The Balaban J connectivity index is 2.23. The van der Waals surface area contributed by atoms with Crippen LogP contribution in [0.4, 0.5) is 0 Å². The van der Waals surface area contributed by atoms with Crippen molar-refractivity contribution in [3.8, 4) is 0 Å².